The van der Waals surface area contributed by atoms with E-state index in [1.54, 1.807) is 34.5 Å². The van der Waals surface area contributed by atoms with Crippen LogP contribution >= 0.6 is 0 Å². The topological polar surface area (TPSA) is 0 Å². The van der Waals surface area contributed by atoms with Crippen molar-refractivity contribution < 1.29 is 48.1 Å². The minimum Gasteiger partial charge on any atom is -1.00 e. The molecule has 0 unspecified atom stereocenters. The van der Waals surface area contributed by atoms with Gasteiger partial charge < -0.3 is 24.8 Å². The summed E-state index contributed by atoms with van der Waals surface area (Å²) in [6.07, 6.45) is 30.9. The fraction of sp³-hybridized carbons (Fsp3) is 0.500. The molecule has 0 N–H and O–H groups in total. The minimum absolute atomic E-state index is 0. The van der Waals surface area contributed by atoms with Gasteiger partial charge in [0.2, 0.25) is 0 Å². The number of benzene rings is 4. The van der Waals surface area contributed by atoms with Crippen LogP contribution in [-0.4, -0.2) is 5.43 Å². The molecular weight excluding hydrogens is 911 g/mol. The fourth-order valence-corrected chi connectivity index (χ4v) is 11.4. The third-order valence-corrected chi connectivity index (χ3v) is 14.4. The van der Waals surface area contributed by atoms with Gasteiger partial charge in [-0.05, 0) is 87.2 Å². The Balaban J connectivity index is 0.000000252. The molecule has 0 atom stereocenters. The smallest absolute Gasteiger partial charge is 1.00 e. The molecule has 0 spiro atoms. The Morgan fingerprint density at radius 2 is 0.797 bits per heavy atom. The van der Waals surface area contributed by atoms with Crippen molar-refractivity contribution in [1.29, 1.82) is 0 Å². The molecule has 0 heterocycles. The predicted molar refractivity (Wildman–Crippen MR) is 273 cm³/mol. The van der Waals surface area contributed by atoms with Crippen molar-refractivity contribution in [3.05, 3.63) is 131 Å². The van der Waals surface area contributed by atoms with E-state index in [9.17, 15) is 0 Å². The Kier molecular flexibility index (Phi) is 23.4. The van der Waals surface area contributed by atoms with Crippen LogP contribution in [0.2, 0.25) is 13.1 Å². The summed E-state index contributed by atoms with van der Waals surface area (Å²) >= 11 is 1.74. The van der Waals surface area contributed by atoms with E-state index in [1.165, 1.54) is 196 Å². The number of hydrogen-bond donors (Lipinski definition) is 0. The first-order chi connectivity index (χ1) is 30.1. The van der Waals surface area contributed by atoms with E-state index >= 15 is 0 Å². The molecule has 6 aromatic carbocycles. The van der Waals surface area contributed by atoms with Gasteiger partial charge in [-0.2, -0.15) is 12.1 Å². The molecule has 2 aliphatic carbocycles. The Bertz CT molecular complexity index is 2080. The molecule has 2 fully saturated rings. The average Bonchev–Trinajstić information content (AvgIpc) is 3.91. The van der Waals surface area contributed by atoms with E-state index in [0.717, 1.165) is 0 Å². The van der Waals surface area contributed by atoms with Gasteiger partial charge in [0.15, 0.2) is 0 Å². The number of halogens is 2. The third-order valence-electron chi connectivity index (χ3n) is 14.4. The minimum atomic E-state index is 0. The molecule has 4 heteroatoms. The van der Waals surface area contributed by atoms with E-state index < -0.39 is 0 Å². The number of aryl methyl sites for hydroxylation is 2. The second-order valence-electron chi connectivity index (χ2n) is 20.2. The first-order valence-electron chi connectivity index (χ1n) is 25.1. The SMILES string of the molecule is CCCC1(Cc2cc3c(-c4ccc(C)cc4)cccc3[cH-]2)CCCCCCCC1.CCCC1(Cc2cc3c(-c4ccc(C)cc4)cccc3[cH-]2)CCCCCCCC1.C[Si](C)=[Zr+2].[Cl-].[Cl-]. The van der Waals surface area contributed by atoms with Crippen LogP contribution in [0.15, 0.2) is 109 Å². The summed E-state index contributed by atoms with van der Waals surface area (Å²) in [5, 5.41) is 5.68. The zero-order valence-electron chi connectivity index (χ0n) is 40.7. The fourth-order valence-electron chi connectivity index (χ4n) is 11.4. The van der Waals surface area contributed by atoms with Crippen molar-refractivity contribution in [2.24, 2.45) is 10.8 Å². The molecule has 0 aliphatic heterocycles. The quantitative estimate of drug-likeness (QED) is 0.0948. The maximum atomic E-state index is 2.51. The van der Waals surface area contributed by atoms with Gasteiger partial charge in [-0.3, -0.25) is 0 Å². The Morgan fingerprint density at radius 3 is 1.11 bits per heavy atom. The molecule has 0 aromatic heterocycles. The summed E-state index contributed by atoms with van der Waals surface area (Å²) in [5.74, 6) is 0. The van der Waals surface area contributed by atoms with Crippen molar-refractivity contribution in [1.82, 2.24) is 0 Å². The van der Waals surface area contributed by atoms with Crippen LogP contribution in [0.1, 0.15) is 165 Å². The zero-order valence-corrected chi connectivity index (χ0v) is 45.7. The van der Waals surface area contributed by atoms with Crippen LogP contribution in [0.4, 0.5) is 0 Å². The van der Waals surface area contributed by atoms with Crippen LogP contribution < -0.4 is 24.8 Å². The molecule has 6 aromatic rings. The molecular formula is C60H80Cl2SiZr-2. The molecule has 2 saturated carbocycles. The summed E-state index contributed by atoms with van der Waals surface area (Å²) in [7, 11) is 0. The van der Waals surface area contributed by atoms with Gasteiger partial charge in [0.1, 0.15) is 0 Å². The molecule has 0 nitrogen and oxygen atoms in total. The van der Waals surface area contributed by atoms with Crippen LogP contribution in [0.3, 0.4) is 0 Å². The van der Waals surface area contributed by atoms with Crippen LogP contribution in [-0.2, 0) is 36.2 Å². The summed E-state index contributed by atoms with van der Waals surface area (Å²) in [5.41, 5.74) is 12.5. The van der Waals surface area contributed by atoms with E-state index in [-0.39, 0.29) is 30.2 Å². The molecule has 0 bridgehead atoms. The Labute approximate surface area is 418 Å². The van der Waals surface area contributed by atoms with Crippen molar-refractivity contribution in [2.45, 2.75) is 182 Å². The first-order valence-corrected chi connectivity index (χ1v) is 31.3. The predicted octanol–water partition coefficient (Wildman–Crippen LogP) is 12.8. The Hall–Kier alpha value is -2.22. The van der Waals surface area contributed by atoms with Gasteiger partial charge in [0, 0.05) is 0 Å². The monoisotopic (exact) mass is 988 g/mol. The van der Waals surface area contributed by atoms with Crippen molar-refractivity contribution in [3.63, 3.8) is 0 Å². The van der Waals surface area contributed by atoms with E-state index in [1.807, 2.05) is 0 Å². The average molecular weight is 992 g/mol. The van der Waals surface area contributed by atoms with Gasteiger partial charge in [-0.1, -0.05) is 187 Å². The van der Waals surface area contributed by atoms with Gasteiger partial charge in [-0.15, -0.1) is 69.1 Å². The number of fused-ring (bicyclic) bond motifs is 2. The second kappa shape index (κ2) is 27.6. The summed E-state index contributed by atoms with van der Waals surface area (Å²) < 4.78 is 0. The van der Waals surface area contributed by atoms with Crippen LogP contribution in [0.5, 0.6) is 0 Å². The van der Waals surface area contributed by atoms with E-state index in [2.05, 4.69) is 150 Å². The second-order valence-corrected chi connectivity index (χ2v) is 29.5. The van der Waals surface area contributed by atoms with Gasteiger partial charge in [-0.25, -0.2) is 0 Å². The van der Waals surface area contributed by atoms with Crippen molar-refractivity contribution in [2.75, 3.05) is 0 Å². The standard InChI is InChI=1S/2C29H37.C2H6Si.2ClH.Zr/c2*1-3-17-29(18-8-6-4-5-7-9-19-29)22-24-20-26-11-10-12-27(28(26)21-24)25-15-13-23(2)14-16-25;1-3-2;;;/h2*10-16,20-21H,3-9,17-19,22H2,1-2H3;1-2H3;2*1H;/q2*-1;;;;+2/p-2. The molecule has 2 aliphatic rings. The molecule has 64 heavy (non-hydrogen) atoms. The normalized spacial score (nSPS) is 16.4. The van der Waals surface area contributed by atoms with Crippen molar-refractivity contribution >= 4 is 27.0 Å². The van der Waals surface area contributed by atoms with Crippen LogP contribution in [0, 0.1) is 24.7 Å². The molecule has 0 amide bonds. The molecule has 0 saturated heterocycles. The summed E-state index contributed by atoms with van der Waals surface area (Å²) in [6, 6.07) is 41.6. The number of rotatable bonds is 10. The molecule has 344 valence electrons. The largest absolute Gasteiger partial charge is 1.00 e. The molecule has 0 radical (unpaired) electrons. The van der Waals surface area contributed by atoms with Gasteiger partial charge >= 0.3 is 41.9 Å². The maximum absolute atomic E-state index is 2.51. The van der Waals surface area contributed by atoms with E-state index in [4.69, 9.17) is 0 Å². The Morgan fingerprint density at radius 1 is 0.484 bits per heavy atom. The maximum Gasteiger partial charge on any atom is -1.00 e. The summed E-state index contributed by atoms with van der Waals surface area (Å²) in [4.78, 5) is 0. The number of hydrogen-bond acceptors (Lipinski definition) is 0. The zero-order chi connectivity index (χ0) is 43.8. The van der Waals surface area contributed by atoms with Crippen molar-refractivity contribution in [3.8, 4) is 22.3 Å². The first kappa shape index (κ1) is 54.4. The third kappa shape index (κ3) is 16.0. The van der Waals surface area contributed by atoms with Gasteiger partial charge in [0.05, 0.1) is 0 Å². The van der Waals surface area contributed by atoms with Gasteiger partial charge in [0.25, 0.3) is 0 Å². The van der Waals surface area contributed by atoms with E-state index in [0.29, 0.717) is 10.8 Å². The molecule has 8 rings (SSSR count). The summed E-state index contributed by atoms with van der Waals surface area (Å²) in [6.45, 7) is 13.7. The van der Waals surface area contributed by atoms with Crippen LogP contribution in [0.25, 0.3) is 43.8 Å².